The van der Waals surface area contributed by atoms with Crippen molar-refractivity contribution in [2.45, 2.75) is 12.8 Å². The standard InChI is InChI=1S/C18H10F4N4O2/c19-12-4-1-10-3-6-15(24-14(10)7-12)27-9-13-5-2-11(8-23-13)16-25-17(28-26-16)18(20,21)22/h1-8H,9H2. The molecule has 0 bridgehead atoms. The highest BCUT2D eigenvalue weighted by atomic mass is 19.4. The summed E-state index contributed by atoms with van der Waals surface area (Å²) in [4.78, 5) is 11.6. The average molecular weight is 390 g/mol. The number of pyridine rings is 2. The molecule has 0 saturated heterocycles. The minimum atomic E-state index is -4.71. The lowest BCUT2D eigenvalue weighted by Gasteiger charge is -2.06. The Morgan fingerprint density at radius 2 is 1.82 bits per heavy atom. The number of hydrogen-bond acceptors (Lipinski definition) is 6. The summed E-state index contributed by atoms with van der Waals surface area (Å²) in [6, 6.07) is 10.7. The zero-order valence-corrected chi connectivity index (χ0v) is 13.9. The fourth-order valence-corrected chi connectivity index (χ4v) is 2.40. The van der Waals surface area contributed by atoms with Crippen molar-refractivity contribution in [3.8, 4) is 17.3 Å². The molecule has 0 radical (unpaired) electrons. The van der Waals surface area contributed by atoms with Gasteiger partial charge in [0.05, 0.1) is 11.2 Å². The normalized spacial score (nSPS) is 11.7. The maximum absolute atomic E-state index is 13.3. The van der Waals surface area contributed by atoms with Crippen molar-refractivity contribution in [1.82, 2.24) is 20.1 Å². The van der Waals surface area contributed by atoms with E-state index in [0.717, 1.165) is 5.39 Å². The summed E-state index contributed by atoms with van der Waals surface area (Å²) in [6.07, 6.45) is -3.39. The van der Waals surface area contributed by atoms with E-state index in [9.17, 15) is 17.6 Å². The summed E-state index contributed by atoms with van der Waals surface area (Å²) in [5.41, 5.74) is 1.23. The molecular formula is C18H10F4N4O2. The predicted molar refractivity (Wildman–Crippen MR) is 88.6 cm³/mol. The van der Waals surface area contributed by atoms with Crippen LogP contribution in [0.3, 0.4) is 0 Å². The first kappa shape index (κ1) is 17.8. The Balaban J connectivity index is 1.45. The number of halogens is 4. The van der Waals surface area contributed by atoms with Crippen molar-refractivity contribution in [2.24, 2.45) is 0 Å². The van der Waals surface area contributed by atoms with Crippen LogP contribution in [-0.2, 0) is 12.8 Å². The van der Waals surface area contributed by atoms with Crippen LogP contribution >= 0.6 is 0 Å². The van der Waals surface area contributed by atoms with Crippen LogP contribution in [0.2, 0.25) is 0 Å². The van der Waals surface area contributed by atoms with Crippen molar-refractivity contribution in [2.75, 3.05) is 0 Å². The van der Waals surface area contributed by atoms with E-state index in [4.69, 9.17) is 4.74 Å². The number of ether oxygens (including phenoxy) is 1. The Hall–Kier alpha value is -3.56. The monoisotopic (exact) mass is 390 g/mol. The van der Waals surface area contributed by atoms with Gasteiger partial charge in [-0.1, -0.05) is 5.16 Å². The van der Waals surface area contributed by atoms with Crippen molar-refractivity contribution in [3.63, 3.8) is 0 Å². The molecule has 10 heteroatoms. The first-order valence-corrected chi connectivity index (χ1v) is 7.94. The lowest BCUT2D eigenvalue weighted by molar-refractivity contribution is -0.159. The molecule has 4 aromatic rings. The first-order valence-electron chi connectivity index (χ1n) is 7.94. The van der Waals surface area contributed by atoms with Crippen LogP contribution in [0.1, 0.15) is 11.6 Å². The summed E-state index contributed by atoms with van der Waals surface area (Å²) >= 11 is 0. The molecule has 3 heterocycles. The second-order valence-corrected chi connectivity index (χ2v) is 5.73. The third-order valence-corrected chi connectivity index (χ3v) is 3.75. The van der Waals surface area contributed by atoms with Gasteiger partial charge >= 0.3 is 12.1 Å². The summed E-state index contributed by atoms with van der Waals surface area (Å²) in [5, 5.41) is 4.07. The summed E-state index contributed by atoms with van der Waals surface area (Å²) in [5.74, 6) is -1.75. The van der Waals surface area contributed by atoms with E-state index >= 15 is 0 Å². The molecule has 3 aromatic heterocycles. The minimum Gasteiger partial charge on any atom is -0.471 e. The minimum absolute atomic E-state index is 0.0636. The van der Waals surface area contributed by atoms with Gasteiger partial charge in [0.2, 0.25) is 11.7 Å². The molecule has 0 aliphatic rings. The molecular weight excluding hydrogens is 380 g/mol. The quantitative estimate of drug-likeness (QED) is 0.481. The molecule has 28 heavy (non-hydrogen) atoms. The molecule has 142 valence electrons. The highest BCUT2D eigenvalue weighted by molar-refractivity contribution is 5.78. The summed E-state index contributed by atoms with van der Waals surface area (Å²) in [7, 11) is 0. The predicted octanol–water partition coefficient (Wildman–Crippen LogP) is 4.42. The maximum Gasteiger partial charge on any atom is 0.471 e. The fourth-order valence-electron chi connectivity index (χ4n) is 2.40. The molecule has 0 aliphatic carbocycles. The van der Waals surface area contributed by atoms with Gasteiger partial charge in [0, 0.05) is 29.3 Å². The largest absolute Gasteiger partial charge is 0.471 e. The SMILES string of the molecule is Fc1ccc2ccc(OCc3ccc(-c4noc(C(F)(F)F)n4)cn3)nc2c1. The number of benzene rings is 1. The zero-order chi connectivity index (χ0) is 19.7. The molecule has 1 aromatic carbocycles. The second-order valence-electron chi connectivity index (χ2n) is 5.73. The molecule has 6 nitrogen and oxygen atoms in total. The topological polar surface area (TPSA) is 73.9 Å². The van der Waals surface area contributed by atoms with Gasteiger partial charge in [-0.2, -0.15) is 18.2 Å². The number of aromatic nitrogens is 4. The Labute approximate surface area is 154 Å². The third kappa shape index (κ3) is 3.75. The first-order chi connectivity index (χ1) is 13.4. The lowest BCUT2D eigenvalue weighted by Crippen LogP contribution is -2.04. The van der Waals surface area contributed by atoms with Crippen LogP contribution in [0.15, 0.2) is 53.2 Å². The zero-order valence-electron chi connectivity index (χ0n) is 13.9. The van der Waals surface area contributed by atoms with Crippen molar-refractivity contribution < 1.29 is 26.8 Å². The van der Waals surface area contributed by atoms with E-state index < -0.39 is 17.9 Å². The van der Waals surface area contributed by atoms with Crippen LogP contribution < -0.4 is 4.74 Å². The molecule has 0 fully saturated rings. The van der Waals surface area contributed by atoms with E-state index in [0.29, 0.717) is 11.2 Å². The average Bonchev–Trinajstić information content (AvgIpc) is 3.17. The van der Waals surface area contributed by atoms with Gasteiger partial charge in [0.25, 0.3) is 0 Å². The second kappa shape index (κ2) is 6.87. The Morgan fingerprint density at radius 1 is 1.00 bits per heavy atom. The summed E-state index contributed by atoms with van der Waals surface area (Å²) in [6.45, 7) is 0.0636. The summed E-state index contributed by atoms with van der Waals surface area (Å²) < 4.78 is 60.5. The van der Waals surface area contributed by atoms with Gasteiger partial charge in [-0.05, 0) is 30.3 Å². The van der Waals surface area contributed by atoms with E-state index in [1.54, 1.807) is 24.3 Å². The number of alkyl halides is 3. The fraction of sp³-hybridized carbons (Fsp3) is 0.111. The number of rotatable bonds is 4. The van der Waals surface area contributed by atoms with Gasteiger partial charge in [-0.3, -0.25) is 4.98 Å². The molecule has 0 atom stereocenters. The van der Waals surface area contributed by atoms with Crippen molar-refractivity contribution in [1.29, 1.82) is 0 Å². The van der Waals surface area contributed by atoms with E-state index in [-0.39, 0.29) is 23.9 Å². The van der Waals surface area contributed by atoms with Gasteiger partial charge in [-0.15, -0.1) is 0 Å². The van der Waals surface area contributed by atoms with Gasteiger partial charge in [-0.25, -0.2) is 9.37 Å². The lowest BCUT2D eigenvalue weighted by atomic mass is 10.2. The van der Waals surface area contributed by atoms with Gasteiger partial charge < -0.3 is 9.26 Å². The molecule has 0 aliphatic heterocycles. The third-order valence-electron chi connectivity index (χ3n) is 3.75. The van der Waals surface area contributed by atoms with E-state index in [2.05, 4.69) is 24.6 Å². The van der Waals surface area contributed by atoms with Crippen LogP contribution in [0, 0.1) is 5.82 Å². The molecule has 0 N–H and O–H groups in total. The maximum atomic E-state index is 13.3. The van der Waals surface area contributed by atoms with Crippen LogP contribution in [0.5, 0.6) is 5.88 Å². The van der Waals surface area contributed by atoms with Crippen molar-refractivity contribution in [3.05, 3.63) is 66.1 Å². The number of nitrogens with zero attached hydrogens (tertiary/aromatic N) is 4. The highest BCUT2D eigenvalue weighted by Crippen LogP contribution is 2.29. The van der Waals surface area contributed by atoms with Crippen LogP contribution in [-0.4, -0.2) is 20.1 Å². The molecule has 0 amide bonds. The van der Waals surface area contributed by atoms with Crippen LogP contribution in [0.4, 0.5) is 17.6 Å². The molecule has 0 spiro atoms. The molecule has 0 saturated carbocycles. The van der Waals surface area contributed by atoms with E-state index in [1.165, 1.54) is 24.4 Å². The smallest absolute Gasteiger partial charge is 0.471 e. The Bertz CT molecular complexity index is 1130. The Morgan fingerprint density at radius 3 is 2.54 bits per heavy atom. The molecule has 4 rings (SSSR count). The van der Waals surface area contributed by atoms with Gasteiger partial charge in [0.15, 0.2) is 0 Å². The van der Waals surface area contributed by atoms with Crippen molar-refractivity contribution >= 4 is 10.9 Å². The number of hydrogen-bond donors (Lipinski definition) is 0. The molecule has 0 unspecified atom stereocenters. The van der Waals surface area contributed by atoms with E-state index in [1.807, 2.05) is 0 Å². The Kier molecular flexibility index (Phi) is 4.38. The highest BCUT2D eigenvalue weighted by Gasteiger charge is 2.38. The van der Waals surface area contributed by atoms with Gasteiger partial charge in [0.1, 0.15) is 12.4 Å². The van der Waals surface area contributed by atoms with Crippen LogP contribution in [0.25, 0.3) is 22.3 Å². The number of fused-ring (bicyclic) bond motifs is 1.